The Morgan fingerprint density at radius 2 is 1.71 bits per heavy atom. The monoisotopic (exact) mass is 376 g/mol. The third-order valence-electron chi connectivity index (χ3n) is 3.01. The standard InChI is InChI=1S/C15H18BrClO4/c1-4-20-13(18)15(3,14(19)21-5-2)9-10-6-7-11(16)8-12(10)17/h6-8H,4-5,9H2,1-3H3. The van der Waals surface area contributed by atoms with Crippen molar-refractivity contribution >= 4 is 39.5 Å². The van der Waals surface area contributed by atoms with Crippen LogP contribution < -0.4 is 0 Å². The average molecular weight is 378 g/mol. The van der Waals surface area contributed by atoms with E-state index in [0.29, 0.717) is 10.6 Å². The molecule has 21 heavy (non-hydrogen) atoms. The molecule has 1 rings (SSSR count). The molecule has 0 atom stereocenters. The molecule has 0 radical (unpaired) electrons. The zero-order chi connectivity index (χ0) is 16.0. The molecule has 0 unspecified atom stereocenters. The SMILES string of the molecule is CCOC(=O)C(C)(Cc1ccc(Br)cc1Cl)C(=O)OCC. The Bertz CT molecular complexity index is 512. The van der Waals surface area contributed by atoms with E-state index in [1.807, 2.05) is 0 Å². The summed E-state index contributed by atoms with van der Waals surface area (Å²) in [5, 5.41) is 0.476. The van der Waals surface area contributed by atoms with Crippen LogP contribution in [0.3, 0.4) is 0 Å². The first-order valence-corrected chi connectivity index (χ1v) is 7.80. The molecule has 0 saturated heterocycles. The van der Waals surface area contributed by atoms with Gasteiger partial charge in [-0.3, -0.25) is 9.59 Å². The van der Waals surface area contributed by atoms with Gasteiger partial charge in [0.25, 0.3) is 0 Å². The Morgan fingerprint density at radius 1 is 1.19 bits per heavy atom. The van der Waals surface area contributed by atoms with E-state index in [4.69, 9.17) is 21.1 Å². The fourth-order valence-electron chi connectivity index (χ4n) is 1.85. The van der Waals surface area contributed by atoms with Crippen LogP contribution in [0.2, 0.25) is 5.02 Å². The van der Waals surface area contributed by atoms with E-state index in [1.54, 1.807) is 32.0 Å². The van der Waals surface area contributed by atoms with Gasteiger partial charge in [0, 0.05) is 15.9 Å². The molecule has 0 aliphatic heterocycles. The normalized spacial score (nSPS) is 11.1. The van der Waals surface area contributed by atoms with Gasteiger partial charge in [-0.15, -0.1) is 0 Å². The number of halogens is 2. The number of rotatable bonds is 6. The molecule has 0 bridgehead atoms. The van der Waals surface area contributed by atoms with Crippen LogP contribution in [-0.4, -0.2) is 25.2 Å². The van der Waals surface area contributed by atoms with Crippen molar-refractivity contribution in [3.63, 3.8) is 0 Å². The summed E-state index contributed by atoms with van der Waals surface area (Å²) in [6.45, 7) is 5.29. The molecule has 0 amide bonds. The van der Waals surface area contributed by atoms with E-state index >= 15 is 0 Å². The van der Waals surface area contributed by atoms with Gasteiger partial charge in [-0.05, 0) is 38.5 Å². The molecular weight excluding hydrogens is 360 g/mol. The predicted molar refractivity (Wildman–Crippen MR) is 84.2 cm³/mol. The quantitative estimate of drug-likeness (QED) is 0.559. The number of ether oxygens (including phenoxy) is 2. The second kappa shape index (κ2) is 7.80. The largest absolute Gasteiger partial charge is 0.465 e. The molecule has 0 fully saturated rings. The van der Waals surface area contributed by atoms with Gasteiger partial charge in [0.2, 0.25) is 0 Å². The van der Waals surface area contributed by atoms with Crippen molar-refractivity contribution in [2.75, 3.05) is 13.2 Å². The number of esters is 2. The van der Waals surface area contributed by atoms with E-state index in [1.165, 1.54) is 6.92 Å². The smallest absolute Gasteiger partial charge is 0.323 e. The second-order valence-electron chi connectivity index (χ2n) is 4.69. The van der Waals surface area contributed by atoms with Gasteiger partial charge in [0.15, 0.2) is 5.41 Å². The van der Waals surface area contributed by atoms with Crippen molar-refractivity contribution in [2.45, 2.75) is 27.2 Å². The summed E-state index contributed by atoms with van der Waals surface area (Å²) in [5.41, 5.74) is -0.729. The van der Waals surface area contributed by atoms with Crippen molar-refractivity contribution in [3.05, 3.63) is 33.3 Å². The summed E-state index contributed by atoms with van der Waals surface area (Å²) < 4.78 is 10.9. The lowest BCUT2D eigenvalue weighted by atomic mass is 9.83. The van der Waals surface area contributed by atoms with Crippen molar-refractivity contribution in [3.8, 4) is 0 Å². The molecule has 0 aliphatic carbocycles. The van der Waals surface area contributed by atoms with Crippen LogP contribution in [0, 0.1) is 5.41 Å². The molecule has 0 heterocycles. The van der Waals surface area contributed by atoms with Crippen LogP contribution in [-0.2, 0) is 25.5 Å². The molecule has 116 valence electrons. The summed E-state index contributed by atoms with van der Waals surface area (Å²) in [5.74, 6) is -1.22. The lowest BCUT2D eigenvalue weighted by molar-refractivity contribution is -0.170. The maximum absolute atomic E-state index is 12.2. The average Bonchev–Trinajstić information content (AvgIpc) is 2.42. The van der Waals surface area contributed by atoms with Crippen LogP contribution in [0.25, 0.3) is 0 Å². The molecule has 0 spiro atoms. The minimum atomic E-state index is -1.41. The van der Waals surface area contributed by atoms with Crippen LogP contribution in [0.5, 0.6) is 0 Å². The fraction of sp³-hybridized carbons (Fsp3) is 0.467. The maximum Gasteiger partial charge on any atom is 0.323 e. The number of carbonyl (C=O) groups excluding carboxylic acids is 2. The van der Waals surface area contributed by atoms with Gasteiger partial charge < -0.3 is 9.47 Å². The van der Waals surface area contributed by atoms with Gasteiger partial charge in [-0.1, -0.05) is 33.6 Å². The first-order chi connectivity index (χ1) is 9.85. The molecule has 0 aromatic heterocycles. The van der Waals surface area contributed by atoms with Crippen molar-refractivity contribution in [2.24, 2.45) is 5.41 Å². The molecule has 4 nitrogen and oxygen atoms in total. The first kappa shape index (κ1) is 18.0. The zero-order valence-electron chi connectivity index (χ0n) is 12.2. The van der Waals surface area contributed by atoms with Gasteiger partial charge in [0.05, 0.1) is 13.2 Å². The van der Waals surface area contributed by atoms with Gasteiger partial charge in [0.1, 0.15) is 0 Å². The summed E-state index contributed by atoms with van der Waals surface area (Å²) in [6.07, 6.45) is 0.122. The Hall–Kier alpha value is -1.07. The Kier molecular flexibility index (Phi) is 6.68. The predicted octanol–water partition coefficient (Wildman–Crippen LogP) is 3.78. The molecule has 6 heteroatoms. The van der Waals surface area contributed by atoms with Gasteiger partial charge in [-0.2, -0.15) is 0 Å². The van der Waals surface area contributed by atoms with Crippen molar-refractivity contribution in [1.29, 1.82) is 0 Å². The third-order valence-corrected chi connectivity index (χ3v) is 3.86. The van der Waals surface area contributed by atoms with E-state index in [-0.39, 0.29) is 19.6 Å². The second-order valence-corrected chi connectivity index (χ2v) is 6.01. The van der Waals surface area contributed by atoms with E-state index in [9.17, 15) is 9.59 Å². The summed E-state index contributed by atoms with van der Waals surface area (Å²) >= 11 is 9.48. The van der Waals surface area contributed by atoms with Crippen LogP contribution in [0.15, 0.2) is 22.7 Å². The van der Waals surface area contributed by atoms with Crippen molar-refractivity contribution < 1.29 is 19.1 Å². The minimum absolute atomic E-state index is 0.122. The van der Waals surface area contributed by atoms with Crippen molar-refractivity contribution in [1.82, 2.24) is 0 Å². The lowest BCUT2D eigenvalue weighted by Crippen LogP contribution is -2.41. The molecule has 1 aromatic rings. The zero-order valence-corrected chi connectivity index (χ0v) is 14.6. The highest BCUT2D eigenvalue weighted by Crippen LogP contribution is 2.31. The highest BCUT2D eigenvalue weighted by Gasteiger charge is 2.44. The molecular formula is C15H18BrClO4. The highest BCUT2D eigenvalue weighted by molar-refractivity contribution is 9.10. The van der Waals surface area contributed by atoms with E-state index < -0.39 is 17.4 Å². The fourth-order valence-corrected chi connectivity index (χ4v) is 2.59. The van der Waals surface area contributed by atoms with Crippen LogP contribution in [0.4, 0.5) is 0 Å². The van der Waals surface area contributed by atoms with Gasteiger partial charge >= 0.3 is 11.9 Å². The van der Waals surface area contributed by atoms with Crippen LogP contribution in [0.1, 0.15) is 26.3 Å². The Labute approximate surface area is 137 Å². The Morgan fingerprint density at radius 3 is 2.14 bits per heavy atom. The van der Waals surface area contributed by atoms with E-state index in [0.717, 1.165) is 4.47 Å². The third kappa shape index (κ3) is 4.45. The maximum atomic E-state index is 12.2. The number of benzene rings is 1. The van der Waals surface area contributed by atoms with E-state index in [2.05, 4.69) is 15.9 Å². The van der Waals surface area contributed by atoms with Gasteiger partial charge in [-0.25, -0.2) is 0 Å². The summed E-state index contributed by atoms with van der Waals surface area (Å²) in [6, 6.07) is 5.29. The molecule has 1 aromatic carbocycles. The first-order valence-electron chi connectivity index (χ1n) is 6.63. The molecule has 0 aliphatic rings. The minimum Gasteiger partial charge on any atom is -0.465 e. The number of carbonyl (C=O) groups is 2. The number of hydrogen-bond acceptors (Lipinski definition) is 4. The van der Waals surface area contributed by atoms with Crippen LogP contribution >= 0.6 is 27.5 Å². The summed E-state index contributed by atoms with van der Waals surface area (Å²) in [7, 11) is 0. The molecule has 0 saturated carbocycles. The topological polar surface area (TPSA) is 52.6 Å². The lowest BCUT2D eigenvalue weighted by Gasteiger charge is -2.25. The Balaban J connectivity index is 3.12. The summed E-state index contributed by atoms with van der Waals surface area (Å²) in [4.78, 5) is 24.4. The number of hydrogen-bond donors (Lipinski definition) is 0. The molecule has 0 N–H and O–H groups in total. The highest BCUT2D eigenvalue weighted by atomic mass is 79.9.